The van der Waals surface area contributed by atoms with Gasteiger partial charge in [-0.3, -0.25) is 13.9 Å². The monoisotopic (exact) mass is 342 g/mol. The molecule has 0 aliphatic heterocycles. The molecule has 25 heavy (non-hydrogen) atoms. The standard InChI is InChI=1S/C18H22N4O3/c1-12(2)25-14-8-6-7-13(9-14)11-20(3)16-15(10-19)17(23)22(5)18(24)21(16)4/h6-9,12H,11H2,1-5H3. The lowest BCUT2D eigenvalue weighted by Crippen LogP contribution is -2.41. The zero-order valence-corrected chi connectivity index (χ0v) is 15.1. The molecule has 0 unspecified atom stereocenters. The molecule has 0 radical (unpaired) electrons. The summed E-state index contributed by atoms with van der Waals surface area (Å²) in [5.74, 6) is 1.05. The number of hydrogen-bond acceptors (Lipinski definition) is 5. The summed E-state index contributed by atoms with van der Waals surface area (Å²) in [7, 11) is 4.65. The van der Waals surface area contributed by atoms with E-state index in [1.807, 2.05) is 44.2 Å². The van der Waals surface area contributed by atoms with Crippen LogP contribution in [0.1, 0.15) is 25.0 Å². The van der Waals surface area contributed by atoms with Gasteiger partial charge in [0.15, 0.2) is 5.56 Å². The number of rotatable bonds is 5. The highest BCUT2D eigenvalue weighted by Crippen LogP contribution is 2.19. The second kappa shape index (κ2) is 7.26. The van der Waals surface area contributed by atoms with Crippen LogP contribution in [0.25, 0.3) is 0 Å². The Labute approximate surface area is 146 Å². The average Bonchev–Trinajstić information content (AvgIpc) is 2.55. The molecular formula is C18H22N4O3. The first-order chi connectivity index (χ1) is 11.8. The van der Waals surface area contributed by atoms with Crippen LogP contribution in [0.4, 0.5) is 5.82 Å². The van der Waals surface area contributed by atoms with Gasteiger partial charge in [-0.15, -0.1) is 0 Å². The topological polar surface area (TPSA) is 80.3 Å². The summed E-state index contributed by atoms with van der Waals surface area (Å²) in [5.41, 5.74) is -0.175. The molecule has 2 aromatic rings. The second-order valence-electron chi connectivity index (χ2n) is 6.19. The van der Waals surface area contributed by atoms with Crippen molar-refractivity contribution in [1.29, 1.82) is 5.26 Å². The Hall–Kier alpha value is -3.01. The van der Waals surface area contributed by atoms with E-state index in [1.54, 1.807) is 19.0 Å². The quantitative estimate of drug-likeness (QED) is 0.820. The molecule has 0 fully saturated rings. The van der Waals surface area contributed by atoms with Crippen molar-refractivity contribution in [3.63, 3.8) is 0 Å². The third-order valence-electron chi connectivity index (χ3n) is 3.80. The lowest BCUT2D eigenvalue weighted by molar-refractivity contribution is 0.242. The van der Waals surface area contributed by atoms with E-state index in [-0.39, 0.29) is 11.7 Å². The molecule has 0 spiro atoms. The van der Waals surface area contributed by atoms with Crippen molar-refractivity contribution in [1.82, 2.24) is 9.13 Å². The number of nitrogens with zero attached hydrogens (tertiary/aromatic N) is 4. The Kier molecular flexibility index (Phi) is 5.32. The molecule has 132 valence electrons. The molecule has 0 amide bonds. The second-order valence-corrected chi connectivity index (χ2v) is 6.19. The number of hydrogen-bond donors (Lipinski definition) is 0. The predicted molar refractivity (Wildman–Crippen MR) is 96.0 cm³/mol. The normalized spacial score (nSPS) is 10.6. The van der Waals surface area contributed by atoms with Crippen molar-refractivity contribution >= 4 is 5.82 Å². The smallest absolute Gasteiger partial charge is 0.332 e. The van der Waals surface area contributed by atoms with Gasteiger partial charge < -0.3 is 9.64 Å². The summed E-state index contributed by atoms with van der Waals surface area (Å²) in [5, 5.41) is 9.37. The zero-order valence-electron chi connectivity index (χ0n) is 15.1. The number of benzene rings is 1. The van der Waals surface area contributed by atoms with Crippen LogP contribution >= 0.6 is 0 Å². The Morgan fingerprint density at radius 2 is 1.92 bits per heavy atom. The van der Waals surface area contributed by atoms with Crippen molar-refractivity contribution < 1.29 is 4.74 Å². The summed E-state index contributed by atoms with van der Waals surface area (Å²) in [6.07, 6.45) is 0.0659. The number of ether oxygens (including phenoxy) is 1. The van der Waals surface area contributed by atoms with Gasteiger partial charge in [0, 0.05) is 27.7 Å². The van der Waals surface area contributed by atoms with Gasteiger partial charge in [0.25, 0.3) is 5.56 Å². The molecule has 0 bridgehead atoms. The van der Waals surface area contributed by atoms with Crippen LogP contribution in [0, 0.1) is 11.3 Å². The summed E-state index contributed by atoms with van der Waals surface area (Å²) in [6, 6.07) is 9.50. The maximum Gasteiger partial charge on any atom is 0.332 e. The Balaban J connectivity index is 2.43. The largest absolute Gasteiger partial charge is 0.491 e. The van der Waals surface area contributed by atoms with E-state index in [9.17, 15) is 14.9 Å². The van der Waals surface area contributed by atoms with E-state index in [2.05, 4.69) is 0 Å². The molecule has 1 aromatic carbocycles. The van der Waals surface area contributed by atoms with Crippen LogP contribution in [-0.4, -0.2) is 22.3 Å². The van der Waals surface area contributed by atoms with E-state index in [0.717, 1.165) is 15.9 Å². The molecule has 0 aliphatic carbocycles. The van der Waals surface area contributed by atoms with E-state index in [4.69, 9.17) is 4.74 Å². The third kappa shape index (κ3) is 3.74. The fraction of sp³-hybridized carbons (Fsp3) is 0.389. The Bertz CT molecular complexity index is 935. The fourth-order valence-electron chi connectivity index (χ4n) is 2.72. The van der Waals surface area contributed by atoms with E-state index >= 15 is 0 Å². The van der Waals surface area contributed by atoms with Gasteiger partial charge in [-0.1, -0.05) is 12.1 Å². The first-order valence-corrected chi connectivity index (χ1v) is 7.93. The van der Waals surface area contributed by atoms with Crippen LogP contribution in [0.15, 0.2) is 33.9 Å². The van der Waals surface area contributed by atoms with Crippen LogP contribution in [0.2, 0.25) is 0 Å². The summed E-state index contributed by atoms with van der Waals surface area (Å²) in [4.78, 5) is 26.1. The van der Waals surface area contributed by atoms with E-state index in [0.29, 0.717) is 12.4 Å². The van der Waals surface area contributed by atoms with Crippen molar-refractivity contribution in [2.45, 2.75) is 26.5 Å². The molecule has 7 heteroatoms. The molecular weight excluding hydrogens is 320 g/mol. The third-order valence-corrected chi connectivity index (χ3v) is 3.80. The maximum atomic E-state index is 12.2. The summed E-state index contributed by atoms with van der Waals surface area (Å²) in [6.45, 7) is 4.32. The van der Waals surface area contributed by atoms with Crippen molar-refractivity contribution in [3.05, 3.63) is 56.2 Å². The molecule has 1 aromatic heterocycles. The number of aromatic nitrogens is 2. The molecule has 7 nitrogen and oxygen atoms in total. The van der Waals surface area contributed by atoms with Gasteiger partial charge >= 0.3 is 5.69 Å². The molecule has 0 N–H and O–H groups in total. The van der Waals surface area contributed by atoms with Gasteiger partial charge in [0.1, 0.15) is 17.6 Å². The SMILES string of the molecule is CC(C)Oc1cccc(CN(C)c2c(C#N)c(=O)n(C)c(=O)n2C)c1. The van der Waals surface area contributed by atoms with E-state index in [1.165, 1.54) is 11.6 Å². The lowest BCUT2D eigenvalue weighted by atomic mass is 10.2. The molecule has 2 rings (SSSR count). The molecule has 1 heterocycles. The number of nitriles is 1. The molecule has 0 saturated heterocycles. The lowest BCUT2D eigenvalue weighted by Gasteiger charge is -2.23. The summed E-state index contributed by atoms with van der Waals surface area (Å²) >= 11 is 0. The minimum atomic E-state index is -0.593. The molecule has 0 saturated carbocycles. The van der Waals surface area contributed by atoms with E-state index < -0.39 is 11.2 Å². The first kappa shape index (κ1) is 18.3. The number of anilines is 1. The minimum absolute atomic E-state index is 0.0540. The highest BCUT2D eigenvalue weighted by molar-refractivity contribution is 5.53. The van der Waals surface area contributed by atoms with Crippen LogP contribution in [0.5, 0.6) is 5.75 Å². The summed E-state index contributed by atoms with van der Waals surface area (Å²) < 4.78 is 7.94. The minimum Gasteiger partial charge on any atom is -0.491 e. The zero-order chi connectivity index (χ0) is 18.7. The Morgan fingerprint density at radius 1 is 1.24 bits per heavy atom. The van der Waals surface area contributed by atoms with Gasteiger partial charge in [-0.2, -0.15) is 5.26 Å². The predicted octanol–water partition coefficient (Wildman–Crippen LogP) is 1.38. The van der Waals surface area contributed by atoms with Crippen LogP contribution in [0.3, 0.4) is 0 Å². The highest BCUT2D eigenvalue weighted by Gasteiger charge is 2.19. The Morgan fingerprint density at radius 3 is 2.52 bits per heavy atom. The van der Waals surface area contributed by atoms with Crippen molar-refractivity contribution in [2.75, 3.05) is 11.9 Å². The first-order valence-electron chi connectivity index (χ1n) is 7.93. The van der Waals surface area contributed by atoms with Gasteiger partial charge in [-0.25, -0.2) is 4.79 Å². The van der Waals surface area contributed by atoms with Crippen molar-refractivity contribution in [2.24, 2.45) is 14.1 Å². The molecule has 0 atom stereocenters. The average molecular weight is 342 g/mol. The van der Waals surface area contributed by atoms with Crippen molar-refractivity contribution in [3.8, 4) is 11.8 Å². The van der Waals surface area contributed by atoms with Gasteiger partial charge in [0.05, 0.1) is 6.10 Å². The van der Waals surface area contributed by atoms with Crippen LogP contribution in [-0.2, 0) is 20.6 Å². The maximum absolute atomic E-state index is 12.2. The van der Waals surface area contributed by atoms with Gasteiger partial charge in [-0.05, 0) is 31.5 Å². The fourth-order valence-corrected chi connectivity index (χ4v) is 2.72. The highest BCUT2D eigenvalue weighted by atomic mass is 16.5. The molecule has 0 aliphatic rings. The van der Waals surface area contributed by atoms with Crippen LogP contribution < -0.4 is 20.9 Å². The van der Waals surface area contributed by atoms with Gasteiger partial charge in [0.2, 0.25) is 0 Å².